The van der Waals surface area contributed by atoms with Crippen LogP contribution < -0.4 is 4.74 Å². The minimum Gasteiger partial charge on any atom is -0.482 e. The van der Waals surface area contributed by atoms with Crippen molar-refractivity contribution in [1.82, 2.24) is 5.01 Å². The van der Waals surface area contributed by atoms with E-state index in [1.807, 2.05) is 0 Å². The number of benzene rings is 1. The minimum absolute atomic E-state index is 0.156. The molecule has 0 spiro atoms. The fourth-order valence-electron chi connectivity index (χ4n) is 4.12. The van der Waals surface area contributed by atoms with Crippen LogP contribution >= 0.6 is 0 Å². The normalized spacial score (nSPS) is 28.3. The van der Waals surface area contributed by atoms with E-state index < -0.39 is 5.97 Å². The van der Waals surface area contributed by atoms with Gasteiger partial charge in [-0.3, -0.25) is 9.59 Å². The number of carbonyl (C=O) groups is 3. The lowest BCUT2D eigenvalue weighted by Crippen LogP contribution is -2.28. The third kappa shape index (κ3) is 3.13. The van der Waals surface area contributed by atoms with Crippen LogP contribution in [-0.4, -0.2) is 42.2 Å². The van der Waals surface area contributed by atoms with E-state index in [2.05, 4.69) is 17.3 Å². The van der Waals surface area contributed by atoms with Crippen molar-refractivity contribution < 1.29 is 23.9 Å². The Morgan fingerprint density at radius 1 is 1.15 bits per heavy atom. The first-order chi connectivity index (χ1) is 13.1. The molecule has 0 radical (unpaired) electrons. The number of allylic oxidation sites excluding steroid dienone is 2. The zero-order chi connectivity index (χ0) is 19.0. The maximum atomic E-state index is 12.6. The first-order valence-corrected chi connectivity index (χ1v) is 9.07. The second-order valence-corrected chi connectivity index (χ2v) is 6.90. The van der Waals surface area contributed by atoms with Crippen molar-refractivity contribution in [3.63, 3.8) is 0 Å². The Morgan fingerprint density at radius 3 is 2.37 bits per heavy atom. The van der Waals surface area contributed by atoms with Gasteiger partial charge >= 0.3 is 5.97 Å². The molecule has 4 unspecified atom stereocenters. The van der Waals surface area contributed by atoms with Gasteiger partial charge in [0, 0.05) is 0 Å². The molecular formula is C20H20N2O5. The third-order valence-corrected chi connectivity index (χ3v) is 5.31. The van der Waals surface area contributed by atoms with E-state index in [0.29, 0.717) is 12.4 Å². The SMILES string of the molecule is CCOC(=O)COc1ccc(C=NN2C(=O)C3C4C=CC(C4)C3C2=O)cc1. The number of ether oxygens (including phenoxy) is 2. The number of hydrogen-bond donors (Lipinski definition) is 0. The molecule has 2 fully saturated rings. The molecule has 0 aromatic heterocycles. The van der Waals surface area contributed by atoms with Crippen molar-refractivity contribution in [1.29, 1.82) is 0 Å². The number of hydrogen-bond acceptors (Lipinski definition) is 6. The fourth-order valence-corrected chi connectivity index (χ4v) is 4.12. The summed E-state index contributed by atoms with van der Waals surface area (Å²) in [4.78, 5) is 36.4. The van der Waals surface area contributed by atoms with E-state index >= 15 is 0 Å². The zero-order valence-corrected chi connectivity index (χ0v) is 14.9. The van der Waals surface area contributed by atoms with E-state index in [1.165, 1.54) is 6.21 Å². The smallest absolute Gasteiger partial charge is 0.344 e. The monoisotopic (exact) mass is 368 g/mol. The van der Waals surface area contributed by atoms with E-state index in [4.69, 9.17) is 9.47 Å². The molecule has 4 rings (SSSR count). The van der Waals surface area contributed by atoms with Crippen LogP contribution in [0.4, 0.5) is 0 Å². The second-order valence-electron chi connectivity index (χ2n) is 6.90. The van der Waals surface area contributed by atoms with Crippen molar-refractivity contribution in [2.24, 2.45) is 28.8 Å². The molecule has 140 valence electrons. The van der Waals surface area contributed by atoms with Crippen LogP contribution in [-0.2, 0) is 19.1 Å². The van der Waals surface area contributed by atoms with Gasteiger partial charge in [0.1, 0.15) is 5.75 Å². The molecule has 1 aromatic carbocycles. The van der Waals surface area contributed by atoms with E-state index in [9.17, 15) is 14.4 Å². The Balaban J connectivity index is 1.38. The highest BCUT2D eigenvalue weighted by Gasteiger charge is 2.59. The molecule has 4 atom stereocenters. The number of imide groups is 1. The van der Waals surface area contributed by atoms with Gasteiger partial charge in [0.05, 0.1) is 24.7 Å². The lowest BCUT2D eigenvalue weighted by molar-refractivity contribution is -0.145. The Kier molecular flexibility index (Phi) is 4.51. The Morgan fingerprint density at radius 2 is 1.78 bits per heavy atom. The van der Waals surface area contributed by atoms with E-state index in [0.717, 1.165) is 17.0 Å². The summed E-state index contributed by atoms with van der Waals surface area (Å²) in [5.74, 6) is -0.458. The molecule has 2 bridgehead atoms. The summed E-state index contributed by atoms with van der Waals surface area (Å²) in [5.41, 5.74) is 0.720. The quantitative estimate of drug-likeness (QED) is 0.331. The van der Waals surface area contributed by atoms with Crippen LogP contribution in [0.2, 0.25) is 0 Å². The predicted molar refractivity (Wildman–Crippen MR) is 95.7 cm³/mol. The first-order valence-electron chi connectivity index (χ1n) is 9.07. The second kappa shape index (κ2) is 6.98. The molecular weight excluding hydrogens is 348 g/mol. The van der Waals surface area contributed by atoms with Crippen molar-refractivity contribution in [3.8, 4) is 5.75 Å². The number of nitrogens with zero attached hydrogens (tertiary/aromatic N) is 2. The van der Waals surface area contributed by atoms with Gasteiger partial charge in [0.2, 0.25) is 0 Å². The number of rotatable bonds is 6. The highest BCUT2D eigenvalue weighted by Crippen LogP contribution is 2.52. The summed E-state index contributed by atoms with van der Waals surface area (Å²) < 4.78 is 10.1. The van der Waals surface area contributed by atoms with Gasteiger partial charge in [-0.05, 0) is 55.0 Å². The lowest BCUT2D eigenvalue weighted by atomic mass is 9.85. The fraction of sp³-hybridized carbons (Fsp3) is 0.400. The van der Waals surface area contributed by atoms with Crippen LogP contribution in [0.15, 0.2) is 41.5 Å². The summed E-state index contributed by atoms with van der Waals surface area (Å²) >= 11 is 0. The minimum atomic E-state index is -0.428. The Labute approximate surface area is 156 Å². The molecule has 0 N–H and O–H groups in total. The molecule has 1 saturated carbocycles. The van der Waals surface area contributed by atoms with Gasteiger partial charge < -0.3 is 9.47 Å². The van der Waals surface area contributed by atoms with Gasteiger partial charge in [-0.2, -0.15) is 10.1 Å². The molecule has 7 nitrogen and oxygen atoms in total. The summed E-state index contributed by atoms with van der Waals surface area (Å²) in [6.07, 6.45) is 6.50. The highest BCUT2D eigenvalue weighted by atomic mass is 16.6. The van der Waals surface area contributed by atoms with Crippen LogP contribution in [0.25, 0.3) is 0 Å². The summed E-state index contributed by atoms with van der Waals surface area (Å²) in [5, 5.41) is 5.15. The maximum Gasteiger partial charge on any atom is 0.344 e. The maximum absolute atomic E-state index is 12.6. The number of esters is 1. The Hall–Kier alpha value is -2.96. The average Bonchev–Trinajstić information content (AvgIpc) is 3.34. The van der Waals surface area contributed by atoms with Gasteiger partial charge in [0.15, 0.2) is 6.61 Å². The summed E-state index contributed by atoms with van der Waals surface area (Å²) in [7, 11) is 0. The third-order valence-electron chi connectivity index (χ3n) is 5.31. The molecule has 2 aliphatic carbocycles. The van der Waals surface area contributed by atoms with Gasteiger partial charge in [0.25, 0.3) is 11.8 Å². The van der Waals surface area contributed by atoms with Crippen molar-refractivity contribution in [2.45, 2.75) is 13.3 Å². The van der Waals surface area contributed by atoms with Gasteiger partial charge in [-0.15, -0.1) is 0 Å². The predicted octanol–water partition coefficient (Wildman–Crippen LogP) is 1.77. The molecule has 1 aromatic rings. The molecule has 27 heavy (non-hydrogen) atoms. The van der Waals surface area contributed by atoms with Gasteiger partial charge in [-0.25, -0.2) is 4.79 Å². The van der Waals surface area contributed by atoms with Crippen LogP contribution in [0.5, 0.6) is 5.75 Å². The van der Waals surface area contributed by atoms with Crippen molar-refractivity contribution >= 4 is 24.0 Å². The number of fused-ring (bicyclic) bond motifs is 5. The largest absolute Gasteiger partial charge is 0.482 e. The number of carbonyl (C=O) groups excluding carboxylic acids is 3. The average molecular weight is 368 g/mol. The van der Waals surface area contributed by atoms with Crippen LogP contribution in [0, 0.1) is 23.7 Å². The zero-order valence-electron chi connectivity index (χ0n) is 14.9. The van der Waals surface area contributed by atoms with Crippen molar-refractivity contribution in [3.05, 3.63) is 42.0 Å². The molecule has 3 aliphatic rings. The lowest BCUT2D eigenvalue weighted by Gasteiger charge is -2.13. The summed E-state index contributed by atoms with van der Waals surface area (Å²) in [6.45, 7) is 1.89. The summed E-state index contributed by atoms with van der Waals surface area (Å²) in [6, 6.07) is 6.85. The molecule has 1 heterocycles. The molecule has 7 heteroatoms. The van der Waals surface area contributed by atoms with E-state index in [1.54, 1.807) is 31.2 Å². The number of amides is 2. The van der Waals surface area contributed by atoms with Crippen LogP contribution in [0.3, 0.4) is 0 Å². The molecule has 1 saturated heterocycles. The topological polar surface area (TPSA) is 85.3 Å². The standard InChI is InChI=1S/C20H20N2O5/c1-2-26-16(23)11-27-15-7-3-12(4-8-15)10-21-22-19(24)17-13-5-6-14(9-13)18(17)20(22)25/h3-8,10,13-14,17-18H,2,9,11H2,1H3. The first kappa shape index (κ1) is 17.5. The van der Waals surface area contributed by atoms with Gasteiger partial charge in [-0.1, -0.05) is 12.2 Å². The van der Waals surface area contributed by atoms with Crippen molar-refractivity contribution in [2.75, 3.05) is 13.2 Å². The van der Waals surface area contributed by atoms with E-state index in [-0.39, 0.29) is 42.1 Å². The number of hydrazone groups is 1. The van der Waals surface area contributed by atoms with Crippen LogP contribution in [0.1, 0.15) is 18.9 Å². The molecule has 2 amide bonds. The Bertz CT molecular complexity index is 799. The highest BCUT2D eigenvalue weighted by molar-refractivity contribution is 6.06. The molecule has 1 aliphatic heterocycles.